The summed E-state index contributed by atoms with van der Waals surface area (Å²) in [5, 5.41) is 0.440. The fraction of sp³-hybridized carbons (Fsp3) is 0.579. The molecule has 1 amide bonds. The molecule has 0 N–H and O–H groups in total. The van der Waals surface area contributed by atoms with Gasteiger partial charge in [0.05, 0.1) is 17.5 Å². The average molecular weight is 425 g/mol. The molecule has 3 aliphatic heterocycles. The minimum Gasteiger partial charge on any atom is -0.486 e. The van der Waals surface area contributed by atoms with Crippen molar-refractivity contribution in [2.45, 2.75) is 38.5 Å². The number of carbonyl (C=O) groups is 1. The van der Waals surface area contributed by atoms with Crippen LogP contribution in [0, 0.1) is 5.41 Å². The maximum atomic E-state index is 12.5. The molecule has 0 bridgehead atoms. The van der Waals surface area contributed by atoms with Crippen LogP contribution in [-0.4, -0.2) is 55.5 Å². The Morgan fingerprint density at radius 1 is 1.21 bits per heavy atom. The molecule has 152 valence electrons. The minimum atomic E-state index is -3.10. The first-order chi connectivity index (χ1) is 13.1. The number of hydrogen-bond donors (Lipinski definition) is 0. The molecule has 0 spiro atoms. The number of amidine groups is 1. The standard InChI is InChI=1S/C19H24N2O5S2/c1-19(2,3)9-17(22)20-18-21(13-10-28(23,24)11-16(13)27-18)12-4-5-14-15(8-12)26-7-6-25-14/h4-5,8,13,16H,6-7,9-11H2,1-3H3/t13-,16-/m1/s1. The molecule has 0 saturated carbocycles. The summed E-state index contributed by atoms with van der Waals surface area (Å²) in [5.41, 5.74) is 0.606. The first-order valence-corrected chi connectivity index (χ1v) is 12.0. The van der Waals surface area contributed by atoms with E-state index in [1.807, 2.05) is 43.9 Å². The second-order valence-electron chi connectivity index (χ2n) is 8.52. The zero-order chi connectivity index (χ0) is 20.1. The molecule has 1 aromatic rings. The Labute approximate surface area is 169 Å². The van der Waals surface area contributed by atoms with Crippen molar-refractivity contribution in [2.24, 2.45) is 10.4 Å². The molecular formula is C19H24N2O5S2. The van der Waals surface area contributed by atoms with Gasteiger partial charge in [0.1, 0.15) is 13.2 Å². The lowest BCUT2D eigenvalue weighted by atomic mass is 9.92. The van der Waals surface area contributed by atoms with E-state index < -0.39 is 9.84 Å². The zero-order valence-corrected chi connectivity index (χ0v) is 17.8. The Hall–Kier alpha value is -1.74. The number of anilines is 1. The van der Waals surface area contributed by atoms with Crippen LogP contribution < -0.4 is 14.4 Å². The van der Waals surface area contributed by atoms with Crippen molar-refractivity contribution < 1.29 is 22.7 Å². The van der Waals surface area contributed by atoms with Gasteiger partial charge in [-0.15, -0.1) is 0 Å². The third kappa shape index (κ3) is 4.00. The molecule has 9 heteroatoms. The van der Waals surface area contributed by atoms with E-state index in [2.05, 4.69) is 4.99 Å². The number of benzene rings is 1. The van der Waals surface area contributed by atoms with Crippen LogP contribution in [0.1, 0.15) is 27.2 Å². The molecule has 7 nitrogen and oxygen atoms in total. The fourth-order valence-corrected chi connectivity index (χ4v) is 7.58. The number of fused-ring (bicyclic) bond motifs is 2. The molecule has 0 aliphatic carbocycles. The zero-order valence-electron chi connectivity index (χ0n) is 16.2. The van der Waals surface area contributed by atoms with Gasteiger partial charge >= 0.3 is 0 Å². The second kappa shape index (κ2) is 6.95. The maximum Gasteiger partial charge on any atom is 0.248 e. The van der Waals surface area contributed by atoms with Crippen LogP contribution in [-0.2, 0) is 14.6 Å². The van der Waals surface area contributed by atoms with Gasteiger partial charge in [-0.3, -0.25) is 4.79 Å². The van der Waals surface area contributed by atoms with Crippen molar-refractivity contribution in [3.8, 4) is 11.5 Å². The van der Waals surface area contributed by atoms with Crippen LogP contribution in [0.5, 0.6) is 11.5 Å². The summed E-state index contributed by atoms with van der Waals surface area (Å²) in [7, 11) is -3.10. The van der Waals surface area contributed by atoms with Gasteiger partial charge in [-0.2, -0.15) is 4.99 Å². The van der Waals surface area contributed by atoms with Crippen LogP contribution in [0.25, 0.3) is 0 Å². The number of rotatable bonds is 2. The number of hydrogen-bond acceptors (Lipinski definition) is 6. The van der Waals surface area contributed by atoms with Gasteiger partial charge in [0, 0.05) is 23.4 Å². The smallest absolute Gasteiger partial charge is 0.248 e. The topological polar surface area (TPSA) is 85.3 Å². The second-order valence-corrected chi connectivity index (χ2v) is 11.9. The lowest BCUT2D eigenvalue weighted by molar-refractivity contribution is -0.119. The molecule has 3 aliphatic rings. The Morgan fingerprint density at radius 3 is 2.64 bits per heavy atom. The van der Waals surface area contributed by atoms with E-state index in [0.29, 0.717) is 36.3 Å². The van der Waals surface area contributed by atoms with Crippen molar-refractivity contribution in [3.05, 3.63) is 18.2 Å². The molecule has 0 unspecified atom stereocenters. The number of amides is 1. The highest BCUT2D eigenvalue weighted by Crippen LogP contribution is 2.43. The van der Waals surface area contributed by atoms with Crippen molar-refractivity contribution in [3.63, 3.8) is 0 Å². The molecule has 3 heterocycles. The first kappa shape index (κ1) is 19.6. The lowest BCUT2D eigenvalue weighted by Gasteiger charge is -2.27. The SMILES string of the molecule is CC(C)(C)CC(=O)N=C1S[C@@H]2CS(=O)(=O)C[C@H]2N1c1ccc2c(c1)OCCO2. The molecular weight excluding hydrogens is 400 g/mol. The van der Waals surface area contributed by atoms with E-state index in [9.17, 15) is 13.2 Å². The molecule has 1 aromatic carbocycles. The monoisotopic (exact) mass is 424 g/mol. The summed E-state index contributed by atoms with van der Waals surface area (Å²) in [6, 6.07) is 5.29. The number of nitrogens with zero attached hydrogens (tertiary/aromatic N) is 2. The van der Waals surface area contributed by atoms with Crippen molar-refractivity contribution in [2.75, 3.05) is 29.6 Å². The maximum absolute atomic E-state index is 12.5. The Morgan fingerprint density at radius 2 is 1.93 bits per heavy atom. The summed E-state index contributed by atoms with van der Waals surface area (Å²) in [6.45, 7) is 6.95. The number of thioether (sulfide) groups is 1. The summed E-state index contributed by atoms with van der Waals surface area (Å²) >= 11 is 1.38. The normalized spacial score (nSPS) is 27.1. The van der Waals surface area contributed by atoms with Crippen molar-refractivity contribution >= 4 is 38.4 Å². The summed E-state index contributed by atoms with van der Waals surface area (Å²) in [5.74, 6) is 1.26. The van der Waals surface area contributed by atoms with Crippen LogP contribution in [0.2, 0.25) is 0 Å². The van der Waals surface area contributed by atoms with Crippen LogP contribution >= 0.6 is 11.8 Å². The third-order valence-corrected chi connectivity index (χ3v) is 7.98. The summed E-state index contributed by atoms with van der Waals surface area (Å²) < 4.78 is 35.6. The lowest BCUT2D eigenvalue weighted by Crippen LogP contribution is -2.37. The highest BCUT2D eigenvalue weighted by atomic mass is 32.2. The molecule has 2 fully saturated rings. The van der Waals surface area contributed by atoms with E-state index in [1.54, 1.807) is 0 Å². The highest BCUT2D eigenvalue weighted by Gasteiger charge is 2.49. The predicted octanol–water partition coefficient (Wildman–Crippen LogP) is 2.50. The van der Waals surface area contributed by atoms with Gasteiger partial charge in [-0.05, 0) is 17.5 Å². The van der Waals surface area contributed by atoms with E-state index in [1.165, 1.54) is 11.8 Å². The van der Waals surface area contributed by atoms with Crippen LogP contribution in [0.4, 0.5) is 5.69 Å². The Bertz CT molecular complexity index is 936. The predicted molar refractivity (Wildman–Crippen MR) is 110 cm³/mol. The third-order valence-electron chi connectivity index (χ3n) is 4.77. The highest BCUT2D eigenvalue weighted by molar-refractivity contribution is 8.16. The van der Waals surface area contributed by atoms with Crippen molar-refractivity contribution in [1.82, 2.24) is 0 Å². The number of carbonyl (C=O) groups excluding carboxylic acids is 1. The molecule has 28 heavy (non-hydrogen) atoms. The summed E-state index contributed by atoms with van der Waals surface area (Å²) in [6.07, 6.45) is 0.333. The number of ether oxygens (including phenoxy) is 2. The van der Waals surface area contributed by atoms with Crippen LogP contribution in [0.3, 0.4) is 0 Å². The average Bonchev–Trinajstić information content (AvgIpc) is 3.03. The van der Waals surface area contributed by atoms with Crippen LogP contribution in [0.15, 0.2) is 23.2 Å². The molecule has 0 radical (unpaired) electrons. The molecule has 2 atom stereocenters. The van der Waals surface area contributed by atoms with Gasteiger partial charge < -0.3 is 14.4 Å². The fourth-order valence-electron chi connectivity index (χ4n) is 3.65. The summed E-state index contributed by atoms with van der Waals surface area (Å²) in [4.78, 5) is 18.7. The quantitative estimate of drug-likeness (QED) is 0.721. The Kier molecular flexibility index (Phi) is 4.86. The largest absolute Gasteiger partial charge is 0.486 e. The molecule has 4 rings (SSSR count). The van der Waals surface area contributed by atoms with Gasteiger partial charge in [0.15, 0.2) is 26.5 Å². The number of aliphatic imine (C=N–C) groups is 1. The van der Waals surface area contributed by atoms with Crippen molar-refractivity contribution in [1.29, 1.82) is 0 Å². The molecule has 2 saturated heterocycles. The van der Waals surface area contributed by atoms with E-state index in [-0.39, 0.29) is 34.1 Å². The van der Waals surface area contributed by atoms with E-state index in [4.69, 9.17) is 9.47 Å². The van der Waals surface area contributed by atoms with E-state index >= 15 is 0 Å². The van der Waals surface area contributed by atoms with Gasteiger partial charge in [0.25, 0.3) is 0 Å². The minimum absolute atomic E-state index is 0.0611. The van der Waals surface area contributed by atoms with Gasteiger partial charge in [-0.1, -0.05) is 32.5 Å². The van der Waals surface area contributed by atoms with Gasteiger partial charge in [0.2, 0.25) is 5.91 Å². The van der Waals surface area contributed by atoms with E-state index in [0.717, 1.165) is 5.69 Å². The number of sulfone groups is 1. The van der Waals surface area contributed by atoms with Gasteiger partial charge in [-0.25, -0.2) is 8.42 Å². The molecule has 0 aromatic heterocycles. The first-order valence-electron chi connectivity index (χ1n) is 9.29. The Balaban J connectivity index is 1.70.